The summed E-state index contributed by atoms with van der Waals surface area (Å²) in [6, 6.07) is 11.1. The van der Waals surface area contributed by atoms with Gasteiger partial charge in [0.1, 0.15) is 6.04 Å². The Balaban J connectivity index is 2.28. The van der Waals surface area contributed by atoms with Gasteiger partial charge in [0.05, 0.1) is 22.9 Å². The van der Waals surface area contributed by atoms with E-state index in [1.54, 1.807) is 36.7 Å². The van der Waals surface area contributed by atoms with Crippen LogP contribution in [0.2, 0.25) is 5.02 Å². The Morgan fingerprint density at radius 2 is 1.89 bits per heavy atom. The van der Waals surface area contributed by atoms with E-state index in [1.807, 2.05) is 13.0 Å². The number of amides is 1. The molecule has 2 rings (SSSR count). The van der Waals surface area contributed by atoms with Crippen molar-refractivity contribution in [2.45, 2.75) is 25.2 Å². The first-order valence-corrected chi connectivity index (χ1v) is 8.66. The molecule has 0 radical (unpaired) electrons. The van der Waals surface area contributed by atoms with E-state index in [4.69, 9.17) is 16.3 Å². The zero-order chi connectivity index (χ0) is 20.0. The molecular formula is C19H21ClF3N2O2+. The summed E-state index contributed by atoms with van der Waals surface area (Å²) < 4.78 is 43.9. The second-order valence-corrected chi connectivity index (χ2v) is 6.60. The minimum Gasteiger partial charge on any atom is -0.379 e. The molecule has 0 spiro atoms. The Kier molecular flexibility index (Phi) is 7.24. The van der Waals surface area contributed by atoms with Gasteiger partial charge in [-0.1, -0.05) is 41.9 Å². The molecule has 27 heavy (non-hydrogen) atoms. The fraction of sp³-hybridized carbons (Fsp3) is 0.316. The number of hydrogen-bond donors (Lipinski definition) is 2. The van der Waals surface area contributed by atoms with Gasteiger partial charge in [-0.2, -0.15) is 13.2 Å². The van der Waals surface area contributed by atoms with Crippen molar-refractivity contribution in [3.63, 3.8) is 0 Å². The minimum atomic E-state index is -4.53. The van der Waals surface area contributed by atoms with Crippen molar-refractivity contribution in [2.75, 3.05) is 19.0 Å². The van der Waals surface area contributed by atoms with Gasteiger partial charge in [0.15, 0.2) is 6.04 Å². The van der Waals surface area contributed by atoms with E-state index < -0.39 is 23.7 Å². The Morgan fingerprint density at radius 1 is 1.22 bits per heavy atom. The molecule has 0 bridgehead atoms. The predicted octanol–water partition coefficient (Wildman–Crippen LogP) is 3.64. The lowest BCUT2D eigenvalue weighted by molar-refractivity contribution is -0.713. The van der Waals surface area contributed by atoms with Crippen LogP contribution in [0.4, 0.5) is 18.9 Å². The summed E-state index contributed by atoms with van der Waals surface area (Å²) in [5.74, 6) is -0.467. The van der Waals surface area contributed by atoms with Gasteiger partial charge >= 0.3 is 6.18 Å². The smallest absolute Gasteiger partial charge is 0.379 e. The largest absolute Gasteiger partial charge is 0.416 e. The number of carbonyl (C=O) groups excluding carboxylic acids is 1. The normalized spacial score (nSPS) is 13.9. The van der Waals surface area contributed by atoms with Gasteiger partial charge in [-0.05, 0) is 25.1 Å². The number of ether oxygens (including phenoxy) is 1. The van der Waals surface area contributed by atoms with Crippen LogP contribution < -0.4 is 10.6 Å². The second-order valence-electron chi connectivity index (χ2n) is 6.20. The maximum atomic E-state index is 12.9. The summed E-state index contributed by atoms with van der Waals surface area (Å²) in [6.07, 6.45) is -4.53. The first-order valence-electron chi connectivity index (χ1n) is 8.29. The Bertz CT molecular complexity index is 769. The van der Waals surface area contributed by atoms with Gasteiger partial charge in [-0.3, -0.25) is 4.79 Å². The molecule has 1 amide bonds. The molecule has 0 fully saturated rings. The molecule has 0 saturated carbocycles. The highest BCUT2D eigenvalue weighted by Crippen LogP contribution is 2.34. The van der Waals surface area contributed by atoms with Crippen molar-refractivity contribution in [1.82, 2.24) is 0 Å². The number of rotatable bonds is 7. The van der Waals surface area contributed by atoms with Crippen molar-refractivity contribution in [1.29, 1.82) is 0 Å². The number of alkyl halides is 3. The summed E-state index contributed by atoms with van der Waals surface area (Å²) in [5, 5.41) is 4.36. The molecule has 0 aliphatic carbocycles. The summed E-state index contributed by atoms with van der Waals surface area (Å²) in [5.41, 5.74) is -0.235. The average molecular weight is 402 g/mol. The Hall–Kier alpha value is -2.09. The van der Waals surface area contributed by atoms with Crippen molar-refractivity contribution >= 4 is 23.2 Å². The van der Waals surface area contributed by atoms with Crippen LogP contribution in [0.1, 0.15) is 24.1 Å². The fourth-order valence-electron chi connectivity index (χ4n) is 2.67. The number of quaternary nitrogens is 1. The van der Waals surface area contributed by atoms with E-state index in [2.05, 4.69) is 5.32 Å². The van der Waals surface area contributed by atoms with E-state index >= 15 is 0 Å². The molecule has 0 aliphatic heterocycles. The van der Waals surface area contributed by atoms with E-state index in [0.717, 1.165) is 23.8 Å². The SMILES string of the molecule is COC[C@@H](C)[NH2+][C@H](C(=O)Nc1cc(C(F)(F)F)ccc1Cl)c1ccccc1. The number of nitrogens with two attached hydrogens (primary N) is 1. The second kappa shape index (κ2) is 9.21. The van der Waals surface area contributed by atoms with Gasteiger partial charge in [0.25, 0.3) is 5.91 Å². The number of benzene rings is 2. The third kappa shape index (κ3) is 5.95. The quantitative estimate of drug-likeness (QED) is 0.744. The fourth-order valence-corrected chi connectivity index (χ4v) is 2.83. The van der Waals surface area contributed by atoms with Crippen LogP contribution >= 0.6 is 11.6 Å². The van der Waals surface area contributed by atoms with Gasteiger partial charge in [0.2, 0.25) is 0 Å². The lowest BCUT2D eigenvalue weighted by Crippen LogP contribution is -2.92. The Labute approximate surface area is 160 Å². The molecule has 3 N–H and O–H groups in total. The van der Waals surface area contributed by atoms with Gasteiger partial charge in [-0.15, -0.1) is 0 Å². The van der Waals surface area contributed by atoms with E-state index in [0.29, 0.717) is 6.61 Å². The molecule has 4 nitrogen and oxygen atoms in total. The van der Waals surface area contributed by atoms with Crippen LogP contribution in [-0.2, 0) is 15.7 Å². The average Bonchev–Trinajstić information content (AvgIpc) is 2.61. The molecule has 2 aromatic rings. The van der Waals surface area contributed by atoms with Crippen LogP contribution in [0.3, 0.4) is 0 Å². The minimum absolute atomic E-state index is 0.0353. The third-order valence-electron chi connectivity index (χ3n) is 3.94. The number of carbonyl (C=O) groups is 1. The van der Waals surface area contributed by atoms with Crippen molar-refractivity contribution in [3.8, 4) is 0 Å². The summed E-state index contributed by atoms with van der Waals surface area (Å²) in [7, 11) is 1.56. The molecule has 146 valence electrons. The molecule has 0 saturated heterocycles. The van der Waals surface area contributed by atoms with Crippen molar-refractivity contribution in [2.24, 2.45) is 0 Å². The molecular weight excluding hydrogens is 381 g/mol. The molecule has 0 heterocycles. The number of hydrogen-bond acceptors (Lipinski definition) is 2. The monoisotopic (exact) mass is 401 g/mol. The van der Waals surface area contributed by atoms with Crippen LogP contribution in [-0.4, -0.2) is 25.7 Å². The van der Waals surface area contributed by atoms with Crippen molar-refractivity contribution < 1.29 is 28.0 Å². The van der Waals surface area contributed by atoms with Gasteiger partial charge in [-0.25, -0.2) is 0 Å². The lowest BCUT2D eigenvalue weighted by atomic mass is 10.0. The lowest BCUT2D eigenvalue weighted by Gasteiger charge is -2.20. The highest BCUT2D eigenvalue weighted by Gasteiger charge is 2.32. The maximum Gasteiger partial charge on any atom is 0.416 e. The van der Waals surface area contributed by atoms with E-state index in [1.165, 1.54) is 0 Å². The van der Waals surface area contributed by atoms with Crippen molar-refractivity contribution in [3.05, 3.63) is 64.7 Å². The van der Waals surface area contributed by atoms with E-state index in [-0.39, 0.29) is 16.8 Å². The molecule has 0 aromatic heterocycles. The van der Waals surface area contributed by atoms with Crippen LogP contribution in [0, 0.1) is 0 Å². The number of anilines is 1. The molecule has 2 aromatic carbocycles. The topological polar surface area (TPSA) is 54.9 Å². The summed E-state index contributed by atoms with van der Waals surface area (Å²) in [6.45, 7) is 2.31. The molecule has 8 heteroatoms. The summed E-state index contributed by atoms with van der Waals surface area (Å²) in [4.78, 5) is 12.8. The standard InChI is InChI=1S/C19H20ClF3N2O2/c1-12(11-27-2)24-17(13-6-4-3-5-7-13)18(26)25-16-10-14(19(21,22)23)8-9-15(16)20/h3-10,12,17,24H,11H2,1-2H3,(H,25,26)/p+1/t12-,17+/m1/s1. The molecule has 0 unspecified atom stereocenters. The van der Waals surface area contributed by atoms with Crippen LogP contribution in [0.5, 0.6) is 0 Å². The number of halogens is 4. The van der Waals surface area contributed by atoms with Gasteiger partial charge in [0, 0.05) is 12.7 Å². The molecule has 2 atom stereocenters. The zero-order valence-electron chi connectivity index (χ0n) is 14.9. The third-order valence-corrected chi connectivity index (χ3v) is 4.27. The first kappa shape index (κ1) is 21.2. The number of nitrogens with one attached hydrogen (secondary N) is 1. The molecule has 0 aliphatic rings. The van der Waals surface area contributed by atoms with Crippen LogP contribution in [0.15, 0.2) is 48.5 Å². The first-order chi connectivity index (χ1) is 12.7. The Morgan fingerprint density at radius 3 is 2.48 bits per heavy atom. The summed E-state index contributed by atoms with van der Waals surface area (Å²) >= 11 is 5.98. The van der Waals surface area contributed by atoms with Gasteiger partial charge < -0.3 is 15.4 Å². The zero-order valence-corrected chi connectivity index (χ0v) is 15.6. The predicted molar refractivity (Wildman–Crippen MR) is 97.5 cm³/mol. The van der Waals surface area contributed by atoms with E-state index in [9.17, 15) is 18.0 Å². The number of methoxy groups -OCH3 is 1. The highest BCUT2D eigenvalue weighted by molar-refractivity contribution is 6.33. The maximum absolute atomic E-state index is 12.9. The highest BCUT2D eigenvalue weighted by atomic mass is 35.5. The van der Waals surface area contributed by atoms with Crippen LogP contribution in [0.25, 0.3) is 0 Å².